The van der Waals surface area contributed by atoms with Crippen LogP contribution in [0.3, 0.4) is 0 Å². The van der Waals surface area contributed by atoms with Gasteiger partial charge in [0, 0.05) is 13.0 Å². The Hall–Kier alpha value is -0.430. The molecule has 6 nitrogen and oxygen atoms in total. The first kappa shape index (κ1) is 26.8. The molecular weight excluding hydrogens is 333 g/mol. The third-order valence-corrected chi connectivity index (χ3v) is 3.63. The standard InChI is InChI=1S/C18H33NO5.Na.H/c1-2-3-4-5-6-7-8-9-10-11-17(21)24-18(22)13-12-16(20)23-15-14-19;;/h2-15,19H2,1H3;;/q;+1;-1. The minimum Gasteiger partial charge on any atom is -1.00 e. The Balaban J connectivity index is -0.00000264. The fourth-order valence-corrected chi connectivity index (χ4v) is 2.26. The molecule has 0 aromatic carbocycles. The molecule has 0 aromatic heterocycles. The summed E-state index contributed by atoms with van der Waals surface area (Å²) in [5.74, 6) is -1.71. The van der Waals surface area contributed by atoms with Gasteiger partial charge in [-0.15, -0.1) is 0 Å². The summed E-state index contributed by atoms with van der Waals surface area (Å²) in [6, 6.07) is 0. The van der Waals surface area contributed by atoms with E-state index in [-0.39, 0.29) is 63.4 Å². The maximum Gasteiger partial charge on any atom is 1.00 e. The van der Waals surface area contributed by atoms with E-state index in [0.717, 1.165) is 19.3 Å². The number of unbranched alkanes of at least 4 members (excludes halogenated alkanes) is 8. The Bertz CT molecular complexity index is 369. The van der Waals surface area contributed by atoms with Crippen LogP contribution in [0.4, 0.5) is 0 Å². The third kappa shape index (κ3) is 19.7. The topological polar surface area (TPSA) is 95.7 Å². The van der Waals surface area contributed by atoms with Crippen LogP contribution in [-0.4, -0.2) is 31.1 Å². The summed E-state index contributed by atoms with van der Waals surface area (Å²) in [7, 11) is 0. The zero-order chi connectivity index (χ0) is 18.0. The summed E-state index contributed by atoms with van der Waals surface area (Å²) in [5.41, 5.74) is 5.19. The van der Waals surface area contributed by atoms with Gasteiger partial charge in [-0.2, -0.15) is 0 Å². The SMILES string of the molecule is CCCCCCCCCCCC(=O)OC(=O)CCC(=O)OCCN.[H-].[Na+]. The van der Waals surface area contributed by atoms with Gasteiger partial charge in [0.1, 0.15) is 6.61 Å². The van der Waals surface area contributed by atoms with Crippen LogP contribution in [0.1, 0.15) is 85.4 Å². The largest absolute Gasteiger partial charge is 1.00 e. The van der Waals surface area contributed by atoms with Crippen molar-refractivity contribution in [1.82, 2.24) is 0 Å². The van der Waals surface area contributed by atoms with E-state index < -0.39 is 17.9 Å². The molecule has 0 aliphatic carbocycles. The number of ether oxygens (including phenoxy) is 2. The van der Waals surface area contributed by atoms with Gasteiger partial charge in [-0.05, 0) is 6.42 Å². The Morgan fingerprint density at radius 1 is 0.760 bits per heavy atom. The van der Waals surface area contributed by atoms with Crippen molar-refractivity contribution < 1.29 is 54.8 Å². The fourth-order valence-electron chi connectivity index (χ4n) is 2.26. The minimum atomic E-state index is -0.680. The van der Waals surface area contributed by atoms with Crippen LogP contribution in [-0.2, 0) is 23.9 Å². The van der Waals surface area contributed by atoms with E-state index in [1.165, 1.54) is 38.5 Å². The van der Waals surface area contributed by atoms with Crippen LogP contribution >= 0.6 is 0 Å². The molecule has 0 unspecified atom stereocenters. The van der Waals surface area contributed by atoms with E-state index in [2.05, 4.69) is 11.7 Å². The van der Waals surface area contributed by atoms with Crippen molar-refractivity contribution >= 4 is 17.9 Å². The average molecular weight is 367 g/mol. The number of nitrogens with two attached hydrogens (primary N) is 1. The monoisotopic (exact) mass is 367 g/mol. The van der Waals surface area contributed by atoms with Gasteiger partial charge in [0.05, 0.1) is 12.8 Å². The fraction of sp³-hybridized carbons (Fsp3) is 0.833. The predicted molar refractivity (Wildman–Crippen MR) is 93.3 cm³/mol. The molecule has 0 aliphatic rings. The summed E-state index contributed by atoms with van der Waals surface area (Å²) in [5, 5.41) is 0. The number of carbonyl (C=O) groups is 3. The van der Waals surface area contributed by atoms with Crippen LogP contribution in [0.2, 0.25) is 0 Å². The number of esters is 3. The number of rotatable bonds is 15. The van der Waals surface area contributed by atoms with Gasteiger partial charge in [0.15, 0.2) is 0 Å². The van der Waals surface area contributed by atoms with Gasteiger partial charge in [0.2, 0.25) is 0 Å². The quantitative estimate of drug-likeness (QED) is 0.195. The maximum absolute atomic E-state index is 11.5. The van der Waals surface area contributed by atoms with Crippen molar-refractivity contribution in [3.8, 4) is 0 Å². The van der Waals surface area contributed by atoms with Crippen molar-refractivity contribution in [2.75, 3.05) is 13.2 Å². The van der Waals surface area contributed by atoms with Gasteiger partial charge in [-0.3, -0.25) is 14.4 Å². The molecule has 0 aliphatic heterocycles. The first-order valence-electron chi connectivity index (χ1n) is 9.19. The second-order valence-corrected chi connectivity index (χ2v) is 5.93. The van der Waals surface area contributed by atoms with E-state index in [4.69, 9.17) is 10.5 Å². The summed E-state index contributed by atoms with van der Waals surface area (Å²) in [6.07, 6.45) is 10.5. The molecule has 7 heteroatoms. The number of hydrogen-bond acceptors (Lipinski definition) is 6. The molecule has 2 N–H and O–H groups in total. The van der Waals surface area contributed by atoms with E-state index in [0.29, 0.717) is 0 Å². The molecule has 25 heavy (non-hydrogen) atoms. The molecule has 0 atom stereocenters. The summed E-state index contributed by atoms with van der Waals surface area (Å²) < 4.78 is 9.39. The zero-order valence-corrected chi connectivity index (χ0v) is 18.0. The molecule has 142 valence electrons. The Morgan fingerprint density at radius 3 is 1.80 bits per heavy atom. The molecule has 0 spiro atoms. The summed E-state index contributed by atoms with van der Waals surface area (Å²) >= 11 is 0. The number of carbonyl (C=O) groups excluding carboxylic acids is 3. The second kappa shape index (κ2) is 19.9. The summed E-state index contributed by atoms with van der Waals surface area (Å²) in [4.78, 5) is 34.1. The van der Waals surface area contributed by atoms with Crippen molar-refractivity contribution in [2.45, 2.75) is 84.0 Å². The van der Waals surface area contributed by atoms with Crippen molar-refractivity contribution in [2.24, 2.45) is 5.73 Å². The third-order valence-electron chi connectivity index (χ3n) is 3.63. The van der Waals surface area contributed by atoms with Crippen molar-refractivity contribution in [3.05, 3.63) is 0 Å². The molecule has 0 rings (SSSR count). The van der Waals surface area contributed by atoms with Crippen LogP contribution < -0.4 is 35.3 Å². The van der Waals surface area contributed by atoms with Gasteiger partial charge < -0.3 is 16.6 Å². The van der Waals surface area contributed by atoms with Crippen molar-refractivity contribution in [3.63, 3.8) is 0 Å². The molecule has 0 saturated heterocycles. The van der Waals surface area contributed by atoms with Crippen LogP contribution in [0.5, 0.6) is 0 Å². The molecule has 0 heterocycles. The van der Waals surface area contributed by atoms with Crippen LogP contribution in [0, 0.1) is 0 Å². The smallest absolute Gasteiger partial charge is 1.00 e. The first-order chi connectivity index (χ1) is 11.6. The molecule has 0 bridgehead atoms. The normalized spacial score (nSPS) is 10.0. The minimum absolute atomic E-state index is 0. The van der Waals surface area contributed by atoms with E-state index in [9.17, 15) is 14.4 Å². The Morgan fingerprint density at radius 2 is 1.24 bits per heavy atom. The molecule has 0 amide bonds. The maximum atomic E-state index is 11.5. The van der Waals surface area contributed by atoms with E-state index >= 15 is 0 Å². The predicted octanol–water partition coefficient (Wildman–Crippen LogP) is 0.376. The summed E-state index contributed by atoms with van der Waals surface area (Å²) in [6.45, 7) is 2.58. The van der Waals surface area contributed by atoms with E-state index in [1.807, 2.05) is 0 Å². The Labute approximate surface area is 175 Å². The second-order valence-electron chi connectivity index (χ2n) is 5.93. The van der Waals surface area contributed by atoms with Gasteiger partial charge in [0.25, 0.3) is 0 Å². The molecule has 0 radical (unpaired) electrons. The molecule has 0 fully saturated rings. The van der Waals surface area contributed by atoms with Crippen LogP contribution in [0.15, 0.2) is 0 Å². The first-order valence-corrected chi connectivity index (χ1v) is 9.19. The van der Waals surface area contributed by atoms with Gasteiger partial charge >= 0.3 is 47.5 Å². The van der Waals surface area contributed by atoms with E-state index in [1.54, 1.807) is 0 Å². The molecule has 0 aromatic rings. The van der Waals surface area contributed by atoms with Gasteiger partial charge in [-0.25, -0.2) is 0 Å². The zero-order valence-electron chi connectivity index (χ0n) is 17.0. The van der Waals surface area contributed by atoms with Crippen LogP contribution in [0.25, 0.3) is 0 Å². The number of hydrogen-bond donors (Lipinski definition) is 1. The Kier molecular flexibility index (Phi) is 21.3. The average Bonchev–Trinajstić information content (AvgIpc) is 2.56. The van der Waals surface area contributed by atoms with Crippen molar-refractivity contribution in [1.29, 1.82) is 0 Å². The molecule has 0 saturated carbocycles. The van der Waals surface area contributed by atoms with Gasteiger partial charge in [-0.1, -0.05) is 58.3 Å². The molecular formula is C18H34NNaO5.